The molecule has 0 spiro atoms. The zero-order chi connectivity index (χ0) is 26.4. The number of hydrogen-bond donors (Lipinski definition) is 2. The number of fused-ring (bicyclic) bond motifs is 1. The van der Waals surface area contributed by atoms with Crippen LogP contribution in [-0.4, -0.2) is 36.4 Å². The lowest BCUT2D eigenvalue weighted by Gasteiger charge is -2.34. The summed E-state index contributed by atoms with van der Waals surface area (Å²) in [5.74, 6) is -0.115. The number of nitrogens with one attached hydrogen (secondary N) is 1. The Balaban J connectivity index is 1.59. The van der Waals surface area contributed by atoms with Gasteiger partial charge in [0, 0.05) is 23.8 Å². The summed E-state index contributed by atoms with van der Waals surface area (Å²) in [5, 5.41) is 2.21. The maximum absolute atomic E-state index is 13.4. The molecule has 1 aliphatic rings. The fourth-order valence-electron chi connectivity index (χ4n) is 5.16. The van der Waals surface area contributed by atoms with E-state index in [2.05, 4.69) is 47.5 Å². The standard InChI is InChI=1S/C28H29N5O3S/c1-18-16-28(2,3)33(17-18)26-22(27(34)32-37(35,36)24-9-6-14-30-25(24)29)12-13-23(31-26)21-11-10-19-7-4-5-8-20(19)15-21/h4-15,18H,16-17H2,1-3H3,(H2,29,30)(H,32,34)/t18-/m0/s1. The predicted octanol–water partition coefficient (Wildman–Crippen LogP) is 4.62. The summed E-state index contributed by atoms with van der Waals surface area (Å²) in [7, 11) is -4.24. The molecule has 1 aliphatic heterocycles. The predicted molar refractivity (Wildman–Crippen MR) is 146 cm³/mol. The fraction of sp³-hybridized carbons (Fsp3) is 0.250. The molecule has 37 heavy (non-hydrogen) atoms. The molecule has 1 fully saturated rings. The van der Waals surface area contributed by atoms with E-state index in [1.54, 1.807) is 12.1 Å². The first-order valence-electron chi connectivity index (χ1n) is 12.1. The number of nitrogens with two attached hydrogens (primary N) is 1. The quantitative estimate of drug-likeness (QED) is 0.398. The zero-order valence-electron chi connectivity index (χ0n) is 21.0. The molecule has 8 nitrogen and oxygen atoms in total. The summed E-state index contributed by atoms with van der Waals surface area (Å²) in [4.78, 5) is 24.0. The average Bonchev–Trinajstić information content (AvgIpc) is 3.14. The minimum Gasteiger partial charge on any atom is -0.383 e. The van der Waals surface area contributed by atoms with Crippen LogP contribution in [0.4, 0.5) is 11.6 Å². The Morgan fingerprint density at radius 2 is 1.81 bits per heavy atom. The molecule has 190 valence electrons. The molecule has 1 amide bonds. The van der Waals surface area contributed by atoms with Crippen LogP contribution >= 0.6 is 0 Å². The molecule has 3 heterocycles. The van der Waals surface area contributed by atoms with Crippen molar-refractivity contribution in [1.29, 1.82) is 0 Å². The van der Waals surface area contributed by atoms with Gasteiger partial charge in [-0.1, -0.05) is 43.3 Å². The fourth-order valence-corrected chi connectivity index (χ4v) is 6.21. The number of amides is 1. The van der Waals surface area contributed by atoms with Gasteiger partial charge in [-0.05, 0) is 67.3 Å². The Kier molecular flexibility index (Phi) is 6.11. The summed E-state index contributed by atoms with van der Waals surface area (Å²) in [6, 6.07) is 20.3. The number of hydrogen-bond acceptors (Lipinski definition) is 7. The highest BCUT2D eigenvalue weighted by Gasteiger charge is 2.39. The number of rotatable bonds is 5. The van der Waals surface area contributed by atoms with Gasteiger partial charge in [0.05, 0.1) is 11.3 Å². The van der Waals surface area contributed by atoms with E-state index >= 15 is 0 Å². The molecule has 2 aromatic carbocycles. The Labute approximate surface area is 216 Å². The van der Waals surface area contributed by atoms with E-state index in [1.807, 2.05) is 30.3 Å². The van der Waals surface area contributed by atoms with Crippen molar-refractivity contribution in [3.05, 3.63) is 78.5 Å². The maximum Gasteiger partial charge on any atom is 0.268 e. The van der Waals surface area contributed by atoms with Gasteiger partial charge in [-0.3, -0.25) is 4.79 Å². The molecule has 3 N–H and O–H groups in total. The van der Waals surface area contributed by atoms with Crippen molar-refractivity contribution < 1.29 is 13.2 Å². The Morgan fingerprint density at radius 3 is 2.51 bits per heavy atom. The molecule has 5 rings (SSSR count). The highest BCUT2D eigenvalue weighted by Crippen LogP contribution is 2.38. The second-order valence-corrected chi connectivity index (χ2v) is 11.8. The van der Waals surface area contributed by atoms with Crippen LogP contribution in [0.2, 0.25) is 0 Å². The van der Waals surface area contributed by atoms with Crippen LogP contribution in [0, 0.1) is 5.92 Å². The Bertz CT molecular complexity index is 1620. The van der Waals surface area contributed by atoms with E-state index in [4.69, 9.17) is 10.7 Å². The number of anilines is 2. The van der Waals surface area contributed by atoms with Crippen molar-refractivity contribution in [3.8, 4) is 11.3 Å². The first-order chi connectivity index (χ1) is 17.5. The number of pyridine rings is 2. The topological polar surface area (TPSA) is 118 Å². The SMILES string of the molecule is C[C@@H]1CN(c2nc(-c3ccc4ccccc4c3)ccc2C(=O)NS(=O)(=O)c2cccnc2N)C(C)(C)C1. The number of carbonyl (C=O) groups is 1. The minimum absolute atomic E-state index is 0.178. The minimum atomic E-state index is -4.24. The largest absolute Gasteiger partial charge is 0.383 e. The van der Waals surface area contributed by atoms with E-state index in [0.717, 1.165) is 22.8 Å². The van der Waals surface area contributed by atoms with E-state index in [-0.39, 0.29) is 21.8 Å². The Hall–Kier alpha value is -3.98. The molecular weight excluding hydrogens is 486 g/mol. The first kappa shape index (κ1) is 24.7. The summed E-state index contributed by atoms with van der Waals surface area (Å²) in [6.07, 6.45) is 2.31. The molecule has 4 aromatic rings. The molecule has 0 bridgehead atoms. The van der Waals surface area contributed by atoms with Crippen LogP contribution in [0.5, 0.6) is 0 Å². The highest BCUT2D eigenvalue weighted by atomic mass is 32.2. The van der Waals surface area contributed by atoms with Gasteiger partial charge in [-0.25, -0.2) is 23.1 Å². The molecule has 0 unspecified atom stereocenters. The van der Waals surface area contributed by atoms with Gasteiger partial charge in [-0.15, -0.1) is 0 Å². The normalized spacial score (nSPS) is 17.2. The van der Waals surface area contributed by atoms with E-state index in [1.165, 1.54) is 18.3 Å². The Morgan fingerprint density at radius 1 is 1.05 bits per heavy atom. The summed E-state index contributed by atoms with van der Waals surface area (Å²) in [5.41, 5.74) is 7.28. The second kappa shape index (κ2) is 9.15. The van der Waals surface area contributed by atoms with Gasteiger partial charge >= 0.3 is 0 Å². The number of aromatic nitrogens is 2. The molecule has 0 saturated carbocycles. The van der Waals surface area contributed by atoms with Crippen LogP contribution in [0.3, 0.4) is 0 Å². The van der Waals surface area contributed by atoms with Gasteiger partial charge in [-0.2, -0.15) is 0 Å². The molecular formula is C28H29N5O3S. The van der Waals surface area contributed by atoms with Crippen LogP contribution in [0.1, 0.15) is 37.6 Å². The van der Waals surface area contributed by atoms with Crippen molar-refractivity contribution in [2.45, 2.75) is 37.6 Å². The van der Waals surface area contributed by atoms with E-state index in [9.17, 15) is 13.2 Å². The molecule has 0 aliphatic carbocycles. The van der Waals surface area contributed by atoms with Crippen LogP contribution in [0.15, 0.2) is 77.8 Å². The maximum atomic E-state index is 13.4. The van der Waals surface area contributed by atoms with Crippen molar-refractivity contribution in [1.82, 2.24) is 14.7 Å². The van der Waals surface area contributed by atoms with Crippen LogP contribution in [-0.2, 0) is 10.0 Å². The van der Waals surface area contributed by atoms with Gasteiger partial charge < -0.3 is 10.6 Å². The third kappa shape index (κ3) is 4.74. The second-order valence-electron chi connectivity index (χ2n) is 10.2. The molecule has 1 atom stereocenters. The lowest BCUT2D eigenvalue weighted by Crippen LogP contribution is -2.41. The summed E-state index contributed by atoms with van der Waals surface area (Å²) in [6.45, 7) is 7.07. The van der Waals surface area contributed by atoms with Crippen LogP contribution < -0.4 is 15.4 Å². The van der Waals surface area contributed by atoms with Crippen molar-refractivity contribution in [2.75, 3.05) is 17.2 Å². The monoisotopic (exact) mass is 515 g/mol. The summed E-state index contributed by atoms with van der Waals surface area (Å²) < 4.78 is 28.1. The number of sulfonamides is 1. The first-order valence-corrected chi connectivity index (χ1v) is 13.6. The summed E-state index contributed by atoms with van der Waals surface area (Å²) >= 11 is 0. The highest BCUT2D eigenvalue weighted by molar-refractivity contribution is 7.90. The number of nitrogen functional groups attached to an aromatic ring is 1. The molecule has 9 heteroatoms. The lowest BCUT2D eigenvalue weighted by atomic mass is 9.97. The molecule has 1 saturated heterocycles. The molecule has 0 radical (unpaired) electrons. The third-order valence-electron chi connectivity index (χ3n) is 6.81. The average molecular weight is 516 g/mol. The van der Waals surface area contributed by atoms with Crippen molar-refractivity contribution in [3.63, 3.8) is 0 Å². The van der Waals surface area contributed by atoms with Crippen molar-refractivity contribution in [2.24, 2.45) is 5.92 Å². The van der Waals surface area contributed by atoms with Crippen molar-refractivity contribution >= 4 is 38.3 Å². The van der Waals surface area contributed by atoms with Gasteiger partial charge in [0.2, 0.25) is 0 Å². The third-order valence-corrected chi connectivity index (χ3v) is 8.19. The molecule has 2 aromatic heterocycles. The van der Waals surface area contributed by atoms with Crippen LogP contribution in [0.25, 0.3) is 22.0 Å². The van der Waals surface area contributed by atoms with E-state index in [0.29, 0.717) is 24.0 Å². The van der Waals surface area contributed by atoms with Gasteiger partial charge in [0.15, 0.2) is 0 Å². The number of nitrogens with zero attached hydrogens (tertiary/aromatic N) is 3. The van der Waals surface area contributed by atoms with E-state index < -0.39 is 15.9 Å². The zero-order valence-corrected chi connectivity index (χ0v) is 21.8. The smallest absolute Gasteiger partial charge is 0.268 e. The number of benzene rings is 2. The van der Waals surface area contributed by atoms with Gasteiger partial charge in [0.1, 0.15) is 16.5 Å². The number of carbonyl (C=O) groups excluding carboxylic acids is 1. The lowest BCUT2D eigenvalue weighted by molar-refractivity contribution is 0.0981. The van der Waals surface area contributed by atoms with Gasteiger partial charge in [0.25, 0.3) is 15.9 Å².